The number of anilines is 1. The van der Waals surface area contributed by atoms with E-state index in [9.17, 15) is 9.59 Å². The van der Waals surface area contributed by atoms with Gasteiger partial charge in [0.1, 0.15) is 0 Å². The lowest BCUT2D eigenvalue weighted by Gasteiger charge is -2.27. The molecule has 0 spiro atoms. The minimum absolute atomic E-state index is 0.0267. The van der Waals surface area contributed by atoms with Crippen LogP contribution in [0.1, 0.15) is 36.5 Å². The maximum Gasteiger partial charge on any atom is 0.252 e. The summed E-state index contributed by atoms with van der Waals surface area (Å²) in [6.45, 7) is 4.19. The molecule has 5 nitrogen and oxygen atoms in total. The Morgan fingerprint density at radius 1 is 1.35 bits per heavy atom. The van der Waals surface area contributed by atoms with E-state index in [-0.39, 0.29) is 11.8 Å². The molecule has 1 atom stereocenters. The molecule has 0 bridgehead atoms. The van der Waals surface area contributed by atoms with E-state index in [4.69, 9.17) is 11.6 Å². The van der Waals surface area contributed by atoms with Gasteiger partial charge in [-0.15, -0.1) is 0 Å². The molecule has 3 N–H and O–H groups in total. The zero-order valence-corrected chi connectivity index (χ0v) is 14.4. The lowest BCUT2D eigenvalue weighted by molar-refractivity contribution is -0.117. The van der Waals surface area contributed by atoms with Gasteiger partial charge in [-0.1, -0.05) is 18.5 Å². The number of benzene rings is 1. The molecule has 126 valence electrons. The molecule has 2 amide bonds. The Morgan fingerprint density at radius 2 is 2.04 bits per heavy atom. The molecule has 1 saturated heterocycles. The van der Waals surface area contributed by atoms with Crippen LogP contribution in [0.5, 0.6) is 0 Å². The number of carbonyl (C=O) groups excluding carboxylic acids is 2. The minimum atomic E-state index is -0.269. The molecule has 0 radical (unpaired) electrons. The van der Waals surface area contributed by atoms with Crippen molar-refractivity contribution in [3.05, 3.63) is 28.8 Å². The van der Waals surface area contributed by atoms with Crippen LogP contribution in [0.15, 0.2) is 18.2 Å². The zero-order chi connectivity index (χ0) is 16.8. The molecule has 6 heteroatoms. The molecule has 23 heavy (non-hydrogen) atoms. The van der Waals surface area contributed by atoms with Gasteiger partial charge in [-0.25, -0.2) is 0 Å². The van der Waals surface area contributed by atoms with Gasteiger partial charge in [0.05, 0.1) is 10.6 Å². The molecule has 1 fully saturated rings. The zero-order valence-electron chi connectivity index (χ0n) is 13.6. The summed E-state index contributed by atoms with van der Waals surface area (Å²) in [6.07, 6.45) is 2.73. The number of amides is 2. The van der Waals surface area contributed by atoms with Gasteiger partial charge in [-0.05, 0) is 56.0 Å². The van der Waals surface area contributed by atoms with Crippen LogP contribution in [0, 0.1) is 11.8 Å². The minimum Gasteiger partial charge on any atom is -0.355 e. The largest absolute Gasteiger partial charge is 0.355 e. The Morgan fingerprint density at radius 3 is 2.70 bits per heavy atom. The molecular weight excluding hydrogens is 314 g/mol. The lowest BCUT2D eigenvalue weighted by atomic mass is 9.84. The predicted molar refractivity (Wildman–Crippen MR) is 92.8 cm³/mol. The number of hydrogen-bond donors (Lipinski definition) is 3. The van der Waals surface area contributed by atoms with Crippen molar-refractivity contribution in [2.75, 3.05) is 25.5 Å². The molecule has 0 saturated carbocycles. The summed E-state index contributed by atoms with van der Waals surface area (Å²) in [4.78, 5) is 24.0. The highest BCUT2D eigenvalue weighted by Gasteiger charge is 2.22. The molecule has 1 aromatic rings. The SMILES string of the molecule is CNC(=O)c1cc(NC(=O)CC(C)C2CCNCC2)ccc1Cl. The van der Waals surface area contributed by atoms with E-state index in [1.54, 1.807) is 25.2 Å². The fourth-order valence-electron chi connectivity index (χ4n) is 3.00. The third-order valence-electron chi connectivity index (χ3n) is 4.42. The first-order chi connectivity index (χ1) is 11.0. The summed E-state index contributed by atoms with van der Waals surface area (Å²) >= 11 is 6.01. The molecule has 1 aliphatic heterocycles. The van der Waals surface area contributed by atoms with Gasteiger partial charge in [-0.2, -0.15) is 0 Å². The van der Waals surface area contributed by atoms with Gasteiger partial charge >= 0.3 is 0 Å². The summed E-state index contributed by atoms with van der Waals surface area (Å²) in [5.74, 6) is 0.645. The third kappa shape index (κ3) is 4.94. The van der Waals surface area contributed by atoms with Gasteiger partial charge < -0.3 is 16.0 Å². The monoisotopic (exact) mass is 337 g/mol. The smallest absolute Gasteiger partial charge is 0.252 e. The molecule has 0 aliphatic carbocycles. The van der Waals surface area contributed by atoms with E-state index in [1.807, 2.05) is 0 Å². The third-order valence-corrected chi connectivity index (χ3v) is 4.75. The fraction of sp³-hybridized carbons (Fsp3) is 0.529. The first kappa shape index (κ1) is 17.8. The van der Waals surface area contributed by atoms with E-state index in [0.29, 0.717) is 34.5 Å². The summed E-state index contributed by atoms with van der Waals surface area (Å²) in [6, 6.07) is 4.94. The second-order valence-electron chi connectivity index (χ2n) is 6.09. The Kier molecular flexibility index (Phi) is 6.42. The molecule has 0 aromatic heterocycles. The first-order valence-corrected chi connectivity index (χ1v) is 8.41. The van der Waals surface area contributed by atoms with Crippen molar-refractivity contribution < 1.29 is 9.59 Å². The highest BCUT2D eigenvalue weighted by molar-refractivity contribution is 6.34. The number of carbonyl (C=O) groups is 2. The van der Waals surface area contributed by atoms with Crippen LogP contribution in [0.4, 0.5) is 5.69 Å². The standard InChI is InChI=1S/C17H24ClN3O2/c1-11(12-5-7-20-8-6-12)9-16(22)21-13-3-4-15(18)14(10-13)17(23)19-2/h3-4,10-12,20H,5-9H2,1-2H3,(H,19,23)(H,21,22). The molecule has 2 rings (SSSR count). The average molecular weight is 338 g/mol. The fourth-order valence-corrected chi connectivity index (χ4v) is 3.20. The highest BCUT2D eigenvalue weighted by Crippen LogP contribution is 2.25. The van der Waals surface area contributed by atoms with E-state index < -0.39 is 0 Å². The topological polar surface area (TPSA) is 70.2 Å². The van der Waals surface area contributed by atoms with E-state index in [1.165, 1.54) is 0 Å². The maximum atomic E-state index is 12.2. The molecule has 1 heterocycles. The normalized spacial score (nSPS) is 16.7. The van der Waals surface area contributed by atoms with Gasteiger partial charge in [0.15, 0.2) is 0 Å². The van der Waals surface area contributed by atoms with Crippen molar-refractivity contribution in [3.63, 3.8) is 0 Å². The second kappa shape index (κ2) is 8.31. The number of nitrogens with one attached hydrogen (secondary N) is 3. The van der Waals surface area contributed by atoms with Crippen LogP contribution in [0.3, 0.4) is 0 Å². The van der Waals surface area contributed by atoms with E-state index >= 15 is 0 Å². The van der Waals surface area contributed by atoms with Crippen LogP contribution in [-0.4, -0.2) is 32.0 Å². The van der Waals surface area contributed by atoms with Crippen molar-refractivity contribution in [1.29, 1.82) is 0 Å². The van der Waals surface area contributed by atoms with Crippen molar-refractivity contribution >= 4 is 29.1 Å². The van der Waals surface area contributed by atoms with Crippen LogP contribution < -0.4 is 16.0 Å². The average Bonchev–Trinajstić information content (AvgIpc) is 2.56. The number of rotatable bonds is 5. The molecule has 1 unspecified atom stereocenters. The van der Waals surface area contributed by atoms with Gasteiger partial charge in [0, 0.05) is 19.2 Å². The van der Waals surface area contributed by atoms with E-state index in [0.717, 1.165) is 25.9 Å². The Hall–Kier alpha value is -1.59. The predicted octanol–water partition coefficient (Wildman–Crippen LogP) is 2.66. The molecule has 1 aliphatic rings. The maximum absolute atomic E-state index is 12.2. The summed E-state index contributed by atoms with van der Waals surface area (Å²) in [5.41, 5.74) is 0.953. The molecular formula is C17H24ClN3O2. The van der Waals surface area contributed by atoms with Crippen molar-refractivity contribution in [2.24, 2.45) is 11.8 Å². The summed E-state index contributed by atoms with van der Waals surface area (Å²) in [7, 11) is 1.55. The quantitative estimate of drug-likeness (QED) is 0.773. The van der Waals surface area contributed by atoms with Gasteiger partial charge in [0.25, 0.3) is 5.91 Å². The van der Waals surface area contributed by atoms with Crippen LogP contribution >= 0.6 is 11.6 Å². The number of hydrogen-bond acceptors (Lipinski definition) is 3. The second-order valence-corrected chi connectivity index (χ2v) is 6.50. The van der Waals surface area contributed by atoms with Crippen molar-refractivity contribution in [2.45, 2.75) is 26.2 Å². The highest BCUT2D eigenvalue weighted by atomic mass is 35.5. The van der Waals surface area contributed by atoms with Crippen molar-refractivity contribution in [3.8, 4) is 0 Å². The van der Waals surface area contributed by atoms with Gasteiger partial charge in [0.2, 0.25) is 5.91 Å². The Bertz CT molecular complexity index is 571. The van der Waals surface area contributed by atoms with Crippen molar-refractivity contribution in [1.82, 2.24) is 10.6 Å². The summed E-state index contributed by atoms with van der Waals surface area (Å²) in [5, 5.41) is 9.11. The van der Waals surface area contributed by atoms with Crippen LogP contribution in [0.2, 0.25) is 5.02 Å². The number of piperidine rings is 1. The van der Waals surface area contributed by atoms with Gasteiger partial charge in [-0.3, -0.25) is 9.59 Å². The number of halogens is 1. The van der Waals surface area contributed by atoms with Crippen LogP contribution in [0.25, 0.3) is 0 Å². The van der Waals surface area contributed by atoms with Crippen LogP contribution in [-0.2, 0) is 4.79 Å². The Balaban J connectivity index is 1.95. The first-order valence-electron chi connectivity index (χ1n) is 8.03. The van der Waals surface area contributed by atoms with E-state index in [2.05, 4.69) is 22.9 Å². The lowest BCUT2D eigenvalue weighted by Crippen LogP contribution is -2.32. The molecule has 1 aromatic carbocycles. The summed E-state index contributed by atoms with van der Waals surface area (Å²) < 4.78 is 0. The Labute approximate surface area is 142 Å².